The predicted octanol–water partition coefficient (Wildman–Crippen LogP) is 1.97. The summed E-state index contributed by atoms with van der Waals surface area (Å²) in [6, 6.07) is 7.66. The maximum atomic E-state index is 12.0. The zero-order valence-corrected chi connectivity index (χ0v) is 15.0. The SMILES string of the molecule is COc1ccc(-c2noc(CCC(=O)N[C@H]3CCCNC3)n2)cc1.Cl. The summed E-state index contributed by atoms with van der Waals surface area (Å²) >= 11 is 0. The fraction of sp³-hybridized carbons (Fsp3) is 0.471. The first kappa shape index (κ1) is 19.2. The van der Waals surface area contributed by atoms with Gasteiger partial charge in [-0.1, -0.05) is 5.16 Å². The monoisotopic (exact) mass is 366 g/mol. The molecule has 2 heterocycles. The molecule has 1 saturated heterocycles. The highest BCUT2D eigenvalue weighted by Crippen LogP contribution is 2.20. The van der Waals surface area contributed by atoms with Crippen molar-refractivity contribution in [1.82, 2.24) is 20.8 Å². The predicted molar refractivity (Wildman–Crippen MR) is 95.9 cm³/mol. The first-order valence-electron chi connectivity index (χ1n) is 8.21. The third-order valence-corrected chi connectivity index (χ3v) is 4.04. The summed E-state index contributed by atoms with van der Waals surface area (Å²) in [7, 11) is 1.62. The van der Waals surface area contributed by atoms with Crippen LogP contribution in [0.1, 0.15) is 25.2 Å². The highest BCUT2D eigenvalue weighted by molar-refractivity contribution is 5.85. The topological polar surface area (TPSA) is 89.3 Å². The maximum absolute atomic E-state index is 12.0. The molecule has 2 aromatic rings. The molecule has 0 saturated carbocycles. The third kappa shape index (κ3) is 5.44. The van der Waals surface area contributed by atoms with Crippen LogP contribution in [0, 0.1) is 0 Å². The molecule has 1 atom stereocenters. The molecule has 1 amide bonds. The normalized spacial score (nSPS) is 16.8. The van der Waals surface area contributed by atoms with Gasteiger partial charge < -0.3 is 19.9 Å². The molecule has 3 rings (SSSR count). The number of nitrogens with zero attached hydrogens (tertiary/aromatic N) is 2. The lowest BCUT2D eigenvalue weighted by molar-refractivity contribution is -0.121. The Kier molecular flexibility index (Phi) is 7.21. The van der Waals surface area contributed by atoms with Gasteiger partial charge in [0.25, 0.3) is 0 Å². The van der Waals surface area contributed by atoms with Crippen molar-refractivity contribution in [2.75, 3.05) is 20.2 Å². The number of hydrogen-bond donors (Lipinski definition) is 2. The Hall–Kier alpha value is -2.12. The van der Waals surface area contributed by atoms with Gasteiger partial charge >= 0.3 is 0 Å². The number of carbonyl (C=O) groups is 1. The molecule has 1 aliphatic rings. The summed E-state index contributed by atoms with van der Waals surface area (Å²) in [6.07, 6.45) is 2.91. The Balaban J connectivity index is 0.00000225. The number of hydrogen-bond acceptors (Lipinski definition) is 6. The number of aryl methyl sites for hydroxylation is 1. The second-order valence-electron chi connectivity index (χ2n) is 5.85. The summed E-state index contributed by atoms with van der Waals surface area (Å²) in [5, 5.41) is 10.3. The van der Waals surface area contributed by atoms with Gasteiger partial charge in [-0.25, -0.2) is 0 Å². The van der Waals surface area contributed by atoms with Crippen molar-refractivity contribution in [2.45, 2.75) is 31.7 Å². The number of ether oxygens (including phenoxy) is 1. The van der Waals surface area contributed by atoms with Crippen LogP contribution < -0.4 is 15.4 Å². The highest BCUT2D eigenvalue weighted by Gasteiger charge is 2.16. The number of halogens is 1. The first-order valence-corrected chi connectivity index (χ1v) is 8.21. The molecule has 136 valence electrons. The zero-order chi connectivity index (χ0) is 16.8. The van der Waals surface area contributed by atoms with Crippen molar-refractivity contribution >= 4 is 18.3 Å². The Morgan fingerprint density at radius 3 is 2.88 bits per heavy atom. The zero-order valence-electron chi connectivity index (χ0n) is 14.2. The lowest BCUT2D eigenvalue weighted by Crippen LogP contribution is -2.45. The van der Waals surface area contributed by atoms with E-state index >= 15 is 0 Å². The van der Waals surface area contributed by atoms with Crippen LogP contribution in [0.2, 0.25) is 0 Å². The van der Waals surface area contributed by atoms with E-state index in [1.807, 2.05) is 24.3 Å². The molecule has 0 bridgehead atoms. The minimum atomic E-state index is 0. The minimum Gasteiger partial charge on any atom is -0.497 e. The Morgan fingerprint density at radius 2 is 2.20 bits per heavy atom. The number of carbonyl (C=O) groups excluding carboxylic acids is 1. The van der Waals surface area contributed by atoms with E-state index in [2.05, 4.69) is 20.8 Å². The molecule has 2 N–H and O–H groups in total. The number of amides is 1. The number of aromatic nitrogens is 2. The van der Waals surface area contributed by atoms with Gasteiger partial charge in [0.15, 0.2) is 0 Å². The quantitative estimate of drug-likeness (QED) is 0.812. The molecule has 0 aliphatic carbocycles. The van der Waals surface area contributed by atoms with Gasteiger partial charge in [-0.05, 0) is 43.7 Å². The van der Waals surface area contributed by atoms with Crippen LogP contribution in [0.5, 0.6) is 5.75 Å². The van der Waals surface area contributed by atoms with Crippen LogP contribution in [0.4, 0.5) is 0 Å². The van der Waals surface area contributed by atoms with Crippen molar-refractivity contribution in [2.24, 2.45) is 0 Å². The van der Waals surface area contributed by atoms with Gasteiger partial charge in [0.2, 0.25) is 17.6 Å². The maximum Gasteiger partial charge on any atom is 0.227 e. The molecule has 0 spiro atoms. The number of nitrogens with one attached hydrogen (secondary N) is 2. The van der Waals surface area contributed by atoms with Gasteiger partial charge in [-0.15, -0.1) is 12.4 Å². The molecule has 7 nitrogen and oxygen atoms in total. The Bertz CT molecular complexity index is 669. The fourth-order valence-corrected chi connectivity index (χ4v) is 2.71. The second kappa shape index (κ2) is 9.39. The number of rotatable bonds is 6. The molecule has 8 heteroatoms. The van der Waals surface area contributed by atoms with E-state index < -0.39 is 0 Å². The van der Waals surface area contributed by atoms with E-state index in [1.54, 1.807) is 7.11 Å². The van der Waals surface area contributed by atoms with E-state index in [-0.39, 0.29) is 24.4 Å². The Morgan fingerprint density at radius 1 is 1.40 bits per heavy atom. The molecular formula is C17H23ClN4O3. The molecule has 0 unspecified atom stereocenters. The molecular weight excluding hydrogens is 344 g/mol. The standard InChI is InChI=1S/C17H22N4O3.ClH/c1-23-14-6-4-12(5-7-14)17-20-16(24-21-17)9-8-15(22)19-13-3-2-10-18-11-13;/h4-7,13,18H,2-3,8-11H2,1H3,(H,19,22);1H/t13-;/m0./s1. The number of benzene rings is 1. The van der Waals surface area contributed by atoms with Crippen LogP contribution in [0.15, 0.2) is 28.8 Å². The average molecular weight is 367 g/mol. The first-order chi connectivity index (χ1) is 11.7. The average Bonchev–Trinajstić information content (AvgIpc) is 3.10. The smallest absolute Gasteiger partial charge is 0.227 e. The summed E-state index contributed by atoms with van der Waals surface area (Å²) < 4.78 is 10.4. The Labute approximate surface area is 152 Å². The van der Waals surface area contributed by atoms with E-state index in [0.717, 1.165) is 37.2 Å². The van der Waals surface area contributed by atoms with Crippen molar-refractivity contribution < 1.29 is 14.1 Å². The van der Waals surface area contributed by atoms with Gasteiger partial charge in [-0.3, -0.25) is 4.79 Å². The minimum absolute atomic E-state index is 0. The molecule has 1 aliphatic heterocycles. The van der Waals surface area contributed by atoms with Crippen LogP contribution in [-0.4, -0.2) is 42.3 Å². The molecule has 1 aromatic carbocycles. The van der Waals surface area contributed by atoms with Gasteiger partial charge in [0.05, 0.1) is 7.11 Å². The van der Waals surface area contributed by atoms with Gasteiger partial charge in [-0.2, -0.15) is 4.98 Å². The molecule has 25 heavy (non-hydrogen) atoms. The fourth-order valence-electron chi connectivity index (χ4n) is 2.71. The van der Waals surface area contributed by atoms with Crippen LogP contribution in [-0.2, 0) is 11.2 Å². The van der Waals surface area contributed by atoms with Crippen molar-refractivity contribution in [1.29, 1.82) is 0 Å². The van der Waals surface area contributed by atoms with Crippen LogP contribution >= 0.6 is 12.4 Å². The largest absolute Gasteiger partial charge is 0.497 e. The van der Waals surface area contributed by atoms with E-state index in [1.165, 1.54) is 0 Å². The third-order valence-electron chi connectivity index (χ3n) is 4.04. The van der Waals surface area contributed by atoms with E-state index in [4.69, 9.17) is 9.26 Å². The van der Waals surface area contributed by atoms with Crippen LogP contribution in [0.3, 0.4) is 0 Å². The second-order valence-corrected chi connectivity index (χ2v) is 5.85. The molecule has 0 radical (unpaired) electrons. The van der Waals surface area contributed by atoms with E-state index in [0.29, 0.717) is 24.6 Å². The molecule has 1 aromatic heterocycles. The summed E-state index contributed by atoms with van der Waals surface area (Å²) in [6.45, 7) is 1.87. The summed E-state index contributed by atoms with van der Waals surface area (Å²) in [5.74, 6) is 1.78. The van der Waals surface area contributed by atoms with Crippen molar-refractivity contribution in [3.05, 3.63) is 30.2 Å². The van der Waals surface area contributed by atoms with E-state index in [9.17, 15) is 4.79 Å². The van der Waals surface area contributed by atoms with Crippen molar-refractivity contribution in [3.63, 3.8) is 0 Å². The van der Waals surface area contributed by atoms with Crippen LogP contribution in [0.25, 0.3) is 11.4 Å². The summed E-state index contributed by atoms with van der Waals surface area (Å²) in [5.41, 5.74) is 0.850. The van der Waals surface area contributed by atoms with Gasteiger partial charge in [0, 0.05) is 31.0 Å². The molecule has 1 fully saturated rings. The number of piperidine rings is 1. The lowest BCUT2D eigenvalue weighted by atomic mass is 10.1. The summed E-state index contributed by atoms with van der Waals surface area (Å²) in [4.78, 5) is 16.3. The van der Waals surface area contributed by atoms with Gasteiger partial charge in [0.1, 0.15) is 5.75 Å². The lowest BCUT2D eigenvalue weighted by Gasteiger charge is -2.23. The highest BCUT2D eigenvalue weighted by atomic mass is 35.5. The number of methoxy groups -OCH3 is 1. The van der Waals surface area contributed by atoms with Crippen molar-refractivity contribution in [3.8, 4) is 17.1 Å².